The summed E-state index contributed by atoms with van der Waals surface area (Å²) in [6.45, 7) is 5.94. The smallest absolute Gasteiger partial charge is 0.265 e. The molecule has 0 bridgehead atoms. The molecule has 2 aromatic carbocycles. The molecule has 1 unspecified atom stereocenters. The van der Waals surface area contributed by atoms with E-state index in [1.165, 1.54) is 5.56 Å². The van der Waals surface area contributed by atoms with E-state index in [0.717, 1.165) is 5.56 Å². The molecule has 23 heavy (non-hydrogen) atoms. The number of anilines is 1. The molecule has 1 amide bonds. The highest BCUT2D eigenvalue weighted by Crippen LogP contribution is 2.23. The molecule has 5 heteroatoms. The number of hydrogen-bond acceptors (Lipinski definition) is 2. The normalized spacial score (nSPS) is 11.9. The van der Waals surface area contributed by atoms with Crippen LogP contribution in [0.1, 0.15) is 24.5 Å². The fourth-order valence-electron chi connectivity index (χ4n) is 2.12. The maximum atomic E-state index is 12.4. The first-order valence-electron chi connectivity index (χ1n) is 7.40. The molecule has 0 saturated carbocycles. The molecular formula is C18H19Cl2NO2. The summed E-state index contributed by atoms with van der Waals surface area (Å²) < 4.78 is 5.82. The third kappa shape index (κ3) is 4.88. The predicted octanol–water partition coefficient (Wildman–Crippen LogP) is 5.41. The molecule has 0 saturated heterocycles. The summed E-state index contributed by atoms with van der Waals surface area (Å²) in [5.41, 5.74) is 2.86. The average molecular weight is 352 g/mol. The molecule has 0 aliphatic heterocycles. The van der Waals surface area contributed by atoms with Crippen molar-refractivity contribution in [2.75, 3.05) is 5.32 Å². The van der Waals surface area contributed by atoms with E-state index in [1.807, 2.05) is 39.0 Å². The SMILES string of the molecule is CCC(Oc1ccc(C)c(C)c1)C(=O)Nc1cc(Cl)cc(Cl)c1. The molecule has 0 fully saturated rings. The van der Waals surface area contributed by atoms with Crippen LogP contribution in [0.15, 0.2) is 36.4 Å². The van der Waals surface area contributed by atoms with Gasteiger partial charge in [0.1, 0.15) is 5.75 Å². The molecule has 0 aromatic heterocycles. The van der Waals surface area contributed by atoms with E-state index in [4.69, 9.17) is 27.9 Å². The van der Waals surface area contributed by atoms with Crippen LogP contribution >= 0.6 is 23.2 Å². The molecule has 2 aromatic rings. The number of carbonyl (C=O) groups is 1. The van der Waals surface area contributed by atoms with E-state index in [9.17, 15) is 4.79 Å². The van der Waals surface area contributed by atoms with Crippen LogP contribution in [-0.2, 0) is 4.79 Å². The number of aryl methyl sites for hydroxylation is 2. The molecular weight excluding hydrogens is 333 g/mol. The summed E-state index contributed by atoms with van der Waals surface area (Å²) in [4.78, 5) is 12.4. The Morgan fingerprint density at radius 3 is 2.30 bits per heavy atom. The zero-order valence-electron chi connectivity index (χ0n) is 13.3. The van der Waals surface area contributed by atoms with Crippen LogP contribution in [0.2, 0.25) is 10.0 Å². The lowest BCUT2D eigenvalue weighted by Crippen LogP contribution is -2.32. The Morgan fingerprint density at radius 1 is 1.09 bits per heavy atom. The van der Waals surface area contributed by atoms with Crippen LogP contribution in [0, 0.1) is 13.8 Å². The van der Waals surface area contributed by atoms with Crippen molar-refractivity contribution in [3.8, 4) is 5.75 Å². The summed E-state index contributed by atoms with van der Waals surface area (Å²) in [5, 5.41) is 3.72. The second-order valence-corrected chi connectivity index (χ2v) is 6.28. The second-order valence-electron chi connectivity index (χ2n) is 5.41. The third-order valence-electron chi connectivity index (χ3n) is 3.55. The van der Waals surface area contributed by atoms with Gasteiger partial charge in [0.15, 0.2) is 6.10 Å². The van der Waals surface area contributed by atoms with Gasteiger partial charge in [0.25, 0.3) is 5.91 Å². The first-order chi connectivity index (χ1) is 10.9. The van der Waals surface area contributed by atoms with Crippen molar-refractivity contribution >= 4 is 34.8 Å². The van der Waals surface area contributed by atoms with Crippen LogP contribution in [0.25, 0.3) is 0 Å². The highest BCUT2D eigenvalue weighted by molar-refractivity contribution is 6.35. The number of carbonyl (C=O) groups excluding carboxylic acids is 1. The number of ether oxygens (including phenoxy) is 1. The van der Waals surface area contributed by atoms with Gasteiger partial charge in [-0.15, -0.1) is 0 Å². The Labute approximate surface area is 146 Å². The van der Waals surface area contributed by atoms with Crippen molar-refractivity contribution in [1.82, 2.24) is 0 Å². The number of halogens is 2. The van der Waals surface area contributed by atoms with Crippen molar-refractivity contribution in [3.05, 3.63) is 57.6 Å². The monoisotopic (exact) mass is 351 g/mol. The Balaban J connectivity index is 2.10. The van der Waals surface area contributed by atoms with Crippen LogP contribution in [0.4, 0.5) is 5.69 Å². The quantitative estimate of drug-likeness (QED) is 0.782. The minimum Gasteiger partial charge on any atom is -0.481 e. The highest BCUT2D eigenvalue weighted by Gasteiger charge is 2.19. The maximum Gasteiger partial charge on any atom is 0.265 e. The van der Waals surface area contributed by atoms with E-state index in [1.54, 1.807) is 18.2 Å². The third-order valence-corrected chi connectivity index (χ3v) is 3.99. The van der Waals surface area contributed by atoms with Crippen molar-refractivity contribution in [2.24, 2.45) is 0 Å². The minimum absolute atomic E-state index is 0.232. The zero-order valence-corrected chi connectivity index (χ0v) is 14.8. The molecule has 0 aliphatic rings. The predicted molar refractivity (Wildman–Crippen MR) is 95.7 cm³/mol. The molecule has 0 aliphatic carbocycles. The van der Waals surface area contributed by atoms with Crippen LogP contribution in [0.3, 0.4) is 0 Å². The van der Waals surface area contributed by atoms with Gasteiger partial charge in [0.05, 0.1) is 0 Å². The molecule has 2 rings (SSSR count). The van der Waals surface area contributed by atoms with Crippen LogP contribution in [-0.4, -0.2) is 12.0 Å². The molecule has 0 spiro atoms. The lowest BCUT2D eigenvalue weighted by Gasteiger charge is -2.18. The van der Waals surface area contributed by atoms with Gasteiger partial charge in [0, 0.05) is 15.7 Å². The Hall–Kier alpha value is -1.71. The van der Waals surface area contributed by atoms with Gasteiger partial charge in [0.2, 0.25) is 0 Å². The molecule has 122 valence electrons. The van der Waals surface area contributed by atoms with Gasteiger partial charge in [-0.25, -0.2) is 0 Å². The minimum atomic E-state index is -0.588. The molecule has 1 N–H and O–H groups in total. The summed E-state index contributed by atoms with van der Waals surface area (Å²) >= 11 is 11.9. The summed E-state index contributed by atoms with van der Waals surface area (Å²) in [6.07, 6.45) is -0.0394. The lowest BCUT2D eigenvalue weighted by atomic mass is 10.1. The van der Waals surface area contributed by atoms with Crippen molar-refractivity contribution in [2.45, 2.75) is 33.3 Å². The fraction of sp³-hybridized carbons (Fsp3) is 0.278. The Kier molecular flexibility index (Phi) is 5.91. The summed E-state index contributed by atoms with van der Waals surface area (Å²) in [7, 11) is 0. The largest absolute Gasteiger partial charge is 0.481 e. The fourth-order valence-corrected chi connectivity index (χ4v) is 2.65. The number of rotatable bonds is 5. The van der Waals surface area contributed by atoms with E-state index < -0.39 is 6.10 Å². The molecule has 1 atom stereocenters. The number of nitrogens with one attached hydrogen (secondary N) is 1. The van der Waals surface area contributed by atoms with Crippen molar-refractivity contribution in [1.29, 1.82) is 0 Å². The number of benzene rings is 2. The van der Waals surface area contributed by atoms with E-state index >= 15 is 0 Å². The first kappa shape index (κ1) is 17.6. The van der Waals surface area contributed by atoms with E-state index in [-0.39, 0.29) is 5.91 Å². The average Bonchev–Trinajstić information content (AvgIpc) is 2.47. The van der Waals surface area contributed by atoms with Gasteiger partial charge in [-0.05, 0) is 61.7 Å². The van der Waals surface area contributed by atoms with Gasteiger partial charge in [-0.1, -0.05) is 36.2 Å². The highest BCUT2D eigenvalue weighted by atomic mass is 35.5. The maximum absolute atomic E-state index is 12.4. The Bertz CT molecular complexity index is 696. The van der Waals surface area contributed by atoms with E-state index in [2.05, 4.69) is 5.32 Å². The van der Waals surface area contributed by atoms with Gasteiger partial charge < -0.3 is 10.1 Å². The van der Waals surface area contributed by atoms with Crippen LogP contribution in [0.5, 0.6) is 5.75 Å². The summed E-state index contributed by atoms with van der Waals surface area (Å²) in [5.74, 6) is 0.447. The second kappa shape index (κ2) is 7.71. The molecule has 3 nitrogen and oxygen atoms in total. The zero-order chi connectivity index (χ0) is 17.0. The lowest BCUT2D eigenvalue weighted by molar-refractivity contribution is -0.122. The van der Waals surface area contributed by atoms with E-state index in [0.29, 0.717) is 27.9 Å². The van der Waals surface area contributed by atoms with Crippen molar-refractivity contribution in [3.63, 3.8) is 0 Å². The number of amides is 1. The van der Waals surface area contributed by atoms with Gasteiger partial charge >= 0.3 is 0 Å². The Morgan fingerprint density at radius 2 is 1.74 bits per heavy atom. The molecule has 0 heterocycles. The molecule has 0 radical (unpaired) electrons. The topological polar surface area (TPSA) is 38.3 Å². The standard InChI is InChI=1S/C18H19Cl2NO2/c1-4-17(23-16-6-5-11(2)12(3)7-16)18(22)21-15-9-13(19)8-14(20)10-15/h5-10,17H,4H2,1-3H3,(H,21,22). The number of hydrogen-bond donors (Lipinski definition) is 1. The van der Waals surface area contributed by atoms with Crippen molar-refractivity contribution < 1.29 is 9.53 Å². The van der Waals surface area contributed by atoms with Gasteiger partial charge in [-0.3, -0.25) is 4.79 Å². The van der Waals surface area contributed by atoms with Crippen LogP contribution < -0.4 is 10.1 Å². The summed E-state index contributed by atoms with van der Waals surface area (Å²) in [6, 6.07) is 10.7. The van der Waals surface area contributed by atoms with Gasteiger partial charge in [-0.2, -0.15) is 0 Å². The first-order valence-corrected chi connectivity index (χ1v) is 8.15.